The van der Waals surface area contributed by atoms with Crippen LogP contribution in [0.1, 0.15) is 39.5 Å². The molecule has 4 atom stereocenters. The van der Waals surface area contributed by atoms with Crippen LogP contribution in [0, 0.1) is 11.8 Å². The van der Waals surface area contributed by atoms with Crippen LogP contribution in [0.4, 0.5) is 0 Å². The maximum atomic E-state index is 12.2. The van der Waals surface area contributed by atoms with E-state index in [1.54, 1.807) is 0 Å². The van der Waals surface area contributed by atoms with E-state index in [0.717, 1.165) is 19.4 Å². The third-order valence-electron chi connectivity index (χ3n) is 4.02. The van der Waals surface area contributed by atoms with Crippen molar-refractivity contribution in [3.8, 4) is 0 Å². The molecule has 1 saturated heterocycles. The van der Waals surface area contributed by atoms with Crippen LogP contribution in [-0.4, -0.2) is 37.9 Å². The molecule has 0 radical (unpaired) electrons. The van der Waals surface area contributed by atoms with Gasteiger partial charge in [-0.3, -0.25) is 4.79 Å². The average molecular weight is 255 g/mol. The summed E-state index contributed by atoms with van der Waals surface area (Å²) < 4.78 is 11.1. The van der Waals surface area contributed by atoms with E-state index in [4.69, 9.17) is 9.47 Å². The molecule has 4 heteroatoms. The Hall–Kier alpha value is -0.610. The van der Waals surface area contributed by atoms with Crippen LogP contribution in [0.25, 0.3) is 0 Å². The van der Waals surface area contributed by atoms with Gasteiger partial charge in [-0.2, -0.15) is 0 Å². The van der Waals surface area contributed by atoms with Gasteiger partial charge in [-0.25, -0.2) is 0 Å². The first-order chi connectivity index (χ1) is 8.70. The molecule has 4 nitrogen and oxygen atoms in total. The average Bonchev–Trinajstić information content (AvgIpc) is 2.78. The van der Waals surface area contributed by atoms with E-state index in [1.807, 2.05) is 6.92 Å². The van der Waals surface area contributed by atoms with Gasteiger partial charge in [0, 0.05) is 6.04 Å². The van der Waals surface area contributed by atoms with Crippen molar-refractivity contribution in [2.75, 3.05) is 19.8 Å². The highest BCUT2D eigenvalue weighted by molar-refractivity contribution is 5.74. The lowest BCUT2D eigenvalue weighted by Gasteiger charge is -2.28. The number of esters is 1. The molecule has 1 aliphatic heterocycles. The Morgan fingerprint density at radius 1 is 1.39 bits per heavy atom. The standard InChI is InChI=1S/C14H25NO3/c1-3-15-13-9-17-8-12(13)14(16)18-11-6-4-5-10(2)7-11/h10-13,15H,3-9H2,1-2H3. The van der Waals surface area contributed by atoms with Crippen LogP contribution in [0.15, 0.2) is 0 Å². The zero-order chi connectivity index (χ0) is 13.0. The van der Waals surface area contributed by atoms with E-state index in [0.29, 0.717) is 19.1 Å². The lowest BCUT2D eigenvalue weighted by molar-refractivity contribution is -0.156. The quantitative estimate of drug-likeness (QED) is 0.777. The van der Waals surface area contributed by atoms with Crippen LogP contribution in [0.2, 0.25) is 0 Å². The van der Waals surface area contributed by atoms with Crippen molar-refractivity contribution in [3.63, 3.8) is 0 Å². The van der Waals surface area contributed by atoms with Crippen LogP contribution in [0.5, 0.6) is 0 Å². The fourth-order valence-electron chi connectivity index (χ4n) is 2.99. The van der Waals surface area contributed by atoms with Crippen LogP contribution >= 0.6 is 0 Å². The molecule has 0 spiro atoms. The molecule has 104 valence electrons. The molecule has 0 aromatic heterocycles. The number of nitrogens with one attached hydrogen (secondary N) is 1. The van der Waals surface area contributed by atoms with E-state index in [9.17, 15) is 4.79 Å². The van der Waals surface area contributed by atoms with Crippen molar-refractivity contribution >= 4 is 5.97 Å². The predicted molar refractivity (Wildman–Crippen MR) is 69.3 cm³/mol. The van der Waals surface area contributed by atoms with Crippen molar-refractivity contribution in [2.45, 2.75) is 51.7 Å². The minimum atomic E-state index is -0.123. The molecule has 18 heavy (non-hydrogen) atoms. The lowest BCUT2D eigenvalue weighted by Crippen LogP contribution is -2.41. The fourth-order valence-corrected chi connectivity index (χ4v) is 2.99. The van der Waals surface area contributed by atoms with Gasteiger partial charge in [0.25, 0.3) is 0 Å². The second-order valence-corrected chi connectivity index (χ2v) is 5.64. The van der Waals surface area contributed by atoms with E-state index in [-0.39, 0.29) is 24.0 Å². The topological polar surface area (TPSA) is 47.6 Å². The van der Waals surface area contributed by atoms with Gasteiger partial charge in [0.05, 0.1) is 19.1 Å². The second kappa shape index (κ2) is 6.53. The summed E-state index contributed by atoms with van der Waals surface area (Å²) in [6.07, 6.45) is 4.61. The zero-order valence-corrected chi connectivity index (χ0v) is 11.5. The third-order valence-corrected chi connectivity index (χ3v) is 4.02. The molecular formula is C14H25NO3. The Bertz CT molecular complexity index is 282. The molecule has 1 N–H and O–H groups in total. The van der Waals surface area contributed by atoms with E-state index in [2.05, 4.69) is 12.2 Å². The van der Waals surface area contributed by atoms with Gasteiger partial charge in [0.2, 0.25) is 0 Å². The van der Waals surface area contributed by atoms with Gasteiger partial charge in [0.1, 0.15) is 6.10 Å². The summed E-state index contributed by atoms with van der Waals surface area (Å²) in [5.74, 6) is 0.487. The molecule has 0 aromatic carbocycles. The summed E-state index contributed by atoms with van der Waals surface area (Å²) in [6, 6.07) is 0.128. The number of carbonyl (C=O) groups is 1. The van der Waals surface area contributed by atoms with Crippen molar-refractivity contribution < 1.29 is 14.3 Å². The number of hydrogen-bond donors (Lipinski definition) is 1. The van der Waals surface area contributed by atoms with Gasteiger partial charge < -0.3 is 14.8 Å². The minimum absolute atomic E-state index is 0.0717. The van der Waals surface area contributed by atoms with Crippen LogP contribution in [0.3, 0.4) is 0 Å². The molecule has 2 aliphatic rings. The molecule has 0 aromatic rings. The third kappa shape index (κ3) is 3.45. The molecule has 0 amide bonds. The van der Waals surface area contributed by atoms with Gasteiger partial charge in [-0.15, -0.1) is 0 Å². The highest BCUT2D eigenvalue weighted by Crippen LogP contribution is 2.27. The summed E-state index contributed by atoms with van der Waals surface area (Å²) in [5.41, 5.74) is 0. The smallest absolute Gasteiger partial charge is 0.313 e. The molecule has 2 fully saturated rings. The summed E-state index contributed by atoms with van der Waals surface area (Å²) in [5, 5.41) is 3.30. The maximum Gasteiger partial charge on any atom is 0.313 e. The fraction of sp³-hybridized carbons (Fsp3) is 0.929. The Labute approximate surface area is 109 Å². The largest absolute Gasteiger partial charge is 0.462 e. The number of rotatable bonds is 4. The first-order valence-corrected chi connectivity index (χ1v) is 7.22. The molecule has 1 saturated carbocycles. The molecule has 1 aliphatic carbocycles. The number of ether oxygens (including phenoxy) is 2. The molecular weight excluding hydrogens is 230 g/mol. The number of likely N-dealkylation sites (N-methyl/N-ethyl adjacent to an activating group) is 1. The monoisotopic (exact) mass is 255 g/mol. The van der Waals surface area contributed by atoms with Gasteiger partial charge >= 0.3 is 5.97 Å². The van der Waals surface area contributed by atoms with Crippen LogP contribution in [-0.2, 0) is 14.3 Å². The summed E-state index contributed by atoms with van der Waals surface area (Å²) in [6.45, 7) is 6.26. The molecule has 2 rings (SSSR count). The second-order valence-electron chi connectivity index (χ2n) is 5.64. The zero-order valence-electron chi connectivity index (χ0n) is 11.5. The number of hydrogen-bond acceptors (Lipinski definition) is 4. The lowest BCUT2D eigenvalue weighted by atomic mass is 9.88. The van der Waals surface area contributed by atoms with Gasteiger partial charge in [0.15, 0.2) is 0 Å². The summed E-state index contributed by atoms with van der Waals surface area (Å²) in [7, 11) is 0. The molecule has 4 unspecified atom stereocenters. The molecule has 1 heterocycles. The maximum absolute atomic E-state index is 12.2. The Balaban J connectivity index is 1.83. The SMILES string of the molecule is CCNC1COCC1C(=O)OC1CCCC(C)C1. The van der Waals surface area contributed by atoms with E-state index < -0.39 is 0 Å². The van der Waals surface area contributed by atoms with E-state index in [1.165, 1.54) is 12.8 Å². The predicted octanol–water partition coefficient (Wildman–Crippen LogP) is 1.73. The van der Waals surface area contributed by atoms with Gasteiger partial charge in [-0.05, 0) is 31.7 Å². The Morgan fingerprint density at radius 2 is 2.22 bits per heavy atom. The van der Waals surface area contributed by atoms with Gasteiger partial charge in [-0.1, -0.05) is 20.3 Å². The normalized spacial score (nSPS) is 36.6. The van der Waals surface area contributed by atoms with Crippen molar-refractivity contribution in [1.29, 1.82) is 0 Å². The first kappa shape index (κ1) is 13.8. The summed E-state index contributed by atoms with van der Waals surface area (Å²) in [4.78, 5) is 12.2. The van der Waals surface area contributed by atoms with E-state index >= 15 is 0 Å². The van der Waals surface area contributed by atoms with Crippen LogP contribution < -0.4 is 5.32 Å². The summed E-state index contributed by atoms with van der Waals surface area (Å²) >= 11 is 0. The van der Waals surface area contributed by atoms with Crippen molar-refractivity contribution in [2.24, 2.45) is 11.8 Å². The highest BCUT2D eigenvalue weighted by atomic mass is 16.5. The highest BCUT2D eigenvalue weighted by Gasteiger charge is 2.36. The number of carbonyl (C=O) groups excluding carboxylic acids is 1. The van der Waals surface area contributed by atoms with Crippen molar-refractivity contribution in [3.05, 3.63) is 0 Å². The Morgan fingerprint density at radius 3 is 2.94 bits per heavy atom. The first-order valence-electron chi connectivity index (χ1n) is 7.22. The van der Waals surface area contributed by atoms with Crippen molar-refractivity contribution in [1.82, 2.24) is 5.32 Å². The minimum Gasteiger partial charge on any atom is -0.462 e. The Kier molecular flexibility index (Phi) is 5.01. The molecule has 0 bridgehead atoms.